The predicted octanol–water partition coefficient (Wildman–Crippen LogP) is 2.84. The number of para-hydroxylation sites is 1. The van der Waals surface area contributed by atoms with Crippen molar-refractivity contribution in [2.45, 2.75) is 0 Å². The Morgan fingerprint density at radius 1 is 1.36 bits per heavy atom. The van der Waals surface area contributed by atoms with Crippen LogP contribution in [0.1, 0.15) is 0 Å². The lowest BCUT2D eigenvalue weighted by Gasteiger charge is -2.03. The molecule has 1 fully saturated rings. The van der Waals surface area contributed by atoms with Gasteiger partial charge in [0.25, 0.3) is 0 Å². The van der Waals surface area contributed by atoms with E-state index in [9.17, 15) is 0 Å². The van der Waals surface area contributed by atoms with E-state index in [1.807, 2.05) is 30.3 Å². The third kappa shape index (κ3) is 2.33. The third-order valence-corrected chi connectivity index (χ3v) is 3.32. The Bertz CT molecular complexity index is 323. The number of hydrogen-bond acceptors (Lipinski definition) is 2. The Labute approximate surface area is 97.5 Å². The average molecular weight is 301 g/mol. The summed E-state index contributed by atoms with van der Waals surface area (Å²) in [5.74, 6) is 0.510. The van der Waals surface area contributed by atoms with Crippen molar-refractivity contribution >= 4 is 34.0 Å². The number of hydrogen-bond donors (Lipinski definition) is 0. The summed E-state index contributed by atoms with van der Waals surface area (Å²) >= 11 is 2.39. The van der Waals surface area contributed by atoms with Gasteiger partial charge >= 0.3 is 0 Å². The van der Waals surface area contributed by atoms with Crippen molar-refractivity contribution in [3.8, 4) is 0 Å². The summed E-state index contributed by atoms with van der Waals surface area (Å²) in [6.45, 7) is 1.52. The summed E-state index contributed by atoms with van der Waals surface area (Å²) in [5, 5.41) is 0. The molecular weight excluding hydrogens is 289 g/mol. The van der Waals surface area contributed by atoms with Crippen molar-refractivity contribution in [1.82, 2.24) is 0 Å². The van der Waals surface area contributed by atoms with E-state index in [2.05, 4.69) is 27.6 Å². The van der Waals surface area contributed by atoms with Crippen LogP contribution < -0.4 is 0 Å². The fourth-order valence-electron chi connectivity index (χ4n) is 1.45. The predicted molar refractivity (Wildman–Crippen MR) is 66.7 cm³/mol. The summed E-state index contributed by atoms with van der Waals surface area (Å²) in [5.41, 5.74) is 2.22. The zero-order valence-electron chi connectivity index (χ0n) is 7.82. The fourth-order valence-corrected chi connectivity index (χ4v) is 2.21. The van der Waals surface area contributed by atoms with Gasteiger partial charge in [0.2, 0.25) is 0 Å². The van der Waals surface area contributed by atoms with Crippen LogP contribution in [-0.4, -0.2) is 23.4 Å². The SMILES string of the molecule is ICC1COC/C1=N\c1ccccc1. The molecule has 3 heteroatoms. The van der Waals surface area contributed by atoms with Crippen LogP contribution >= 0.6 is 22.6 Å². The number of nitrogens with zero attached hydrogens (tertiary/aromatic N) is 1. The summed E-state index contributed by atoms with van der Waals surface area (Å²) in [6, 6.07) is 10.1. The minimum absolute atomic E-state index is 0.510. The Balaban J connectivity index is 2.18. The first-order valence-electron chi connectivity index (χ1n) is 4.66. The van der Waals surface area contributed by atoms with Gasteiger partial charge in [-0.05, 0) is 12.1 Å². The molecular formula is C11H12INO. The first-order chi connectivity index (χ1) is 6.90. The molecule has 0 spiro atoms. The van der Waals surface area contributed by atoms with E-state index in [1.54, 1.807) is 0 Å². The van der Waals surface area contributed by atoms with Crippen molar-refractivity contribution in [2.24, 2.45) is 10.9 Å². The number of alkyl halides is 1. The normalized spacial score (nSPS) is 24.4. The Hall–Kier alpha value is -0.420. The molecule has 0 N–H and O–H groups in total. The maximum Gasteiger partial charge on any atom is 0.0853 e. The van der Waals surface area contributed by atoms with Crippen LogP contribution in [0.3, 0.4) is 0 Å². The molecule has 0 radical (unpaired) electrons. The molecule has 2 rings (SSSR count). The maximum absolute atomic E-state index is 5.40. The summed E-state index contributed by atoms with van der Waals surface area (Å²) < 4.78 is 6.48. The van der Waals surface area contributed by atoms with Crippen LogP contribution in [0.4, 0.5) is 5.69 Å². The number of ether oxygens (including phenoxy) is 1. The van der Waals surface area contributed by atoms with Crippen molar-refractivity contribution in [3.05, 3.63) is 30.3 Å². The molecule has 1 heterocycles. The molecule has 0 aromatic heterocycles. The lowest BCUT2D eigenvalue weighted by Crippen LogP contribution is -2.12. The average Bonchev–Trinajstić information content (AvgIpc) is 2.67. The maximum atomic E-state index is 5.40. The molecule has 0 saturated carbocycles. The van der Waals surface area contributed by atoms with Crippen LogP contribution in [0.2, 0.25) is 0 Å². The van der Waals surface area contributed by atoms with E-state index in [0.29, 0.717) is 12.5 Å². The van der Waals surface area contributed by atoms with Gasteiger partial charge in [-0.15, -0.1) is 0 Å². The van der Waals surface area contributed by atoms with Gasteiger partial charge in [-0.3, -0.25) is 4.99 Å². The molecule has 1 unspecified atom stereocenters. The monoisotopic (exact) mass is 301 g/mol. The van der Waals surface area contributed by atoms with Crippen LogP contribution in [0.5, 0.6) is 0 Å². The fraction of sp³-hybridized carbons (Fsp3) is 0.364. The van der Waals surface area contributed by atoms with E-state index in [1.165, 1.54) is 5.71 Å². The molecule has 1 aliphatic heterocycles. The minimum atomic E-state index is 0.510. The first-order valence-corrected chi connectivity index (χ1v) is 6.19. The number of halogens is 1. The van der Waals surface area contributed by atoms with E-state index in [0.717, 1.165) is 16.7 Å². The van der Waals surface area contributed by atoms with Crippen LogP contribution in [0, 0.1) is 5.92 Å². The molecule has 1 aromatic carbocycles. The topological polar surface area (TPSA) is 21.6 Å². The van der Waals surface area contributed by atoms with Gasteiger partial charge in [0.05, 0.1) is 24.6 Å². The molecule has 2 nitrogen and oxygen atoms in total. The summed E-state index contributed by atoms with van der Waals surface area (Å²) in [4.78, 5) is 4.60. The van der Waals surface area contributed by atoms with Crippen molar-refractivity contribution in [3.63, 3.8) is 0 Å². The zero-order chi connectivity index (χ0) is 9.80. The minimum Gasteiger partial charge on any atom is -0.375 e. The highest BCUT2D eigenvalue weighted by Gasteiger charge is 2.21. The molecule has 1 saturated heterocycles. The first kappa shape index (κ1) is 10.1. The smallest absolute Gasteiger partial charge is 0.0853 e. The molecule has 74 valence electrons. The Morgan fingerprint density at radius 2 is 2.14 bits per heavy atom. The molecule has 1 atom stereocenters. The Morgan fingerprint density at radius 3 is 2.86 bits per heavy atom. The van der Waals surface area contributed by atoms with Crippen molar-refractivity contribution < 1.29 is 4.74 Å². The molecule has 14 heavy (non-hydrogen) atoms. The highest BCUT2D eigenvalue weighted by molar-refractivity contribution is 14.1. The van der Waals surface area contributed by atoms with E-state index >= 15 is 0 Å². The molecule has 1 aromatic rings. The van der Waals surface area contributed by atoms with E-state index in [-0.39, 0.29) is 0 Å². The van der Waals surface area contributed by atoms with Crippen molar-refractivity contribution in [1.29, 1.82) is 0 Å². The second kappa shape index (κ2) is 4.89. The van der Waals surface area contributed by atoms with Gasteiger partial charge in [-0.1, -0.05) is 40.8 Å². The van der Waals surface area contributed by atoms with Gasteiger partial charge in [-0.25, -0.2) is 0 Å². The Kier molecular flexibility index (Phi) is 3.53. The quantitative estimate of drug-likeness (QED) is 0.608. The standard InChI is InChI=1S/C11H12INO/c12-6-9-7-14-8-11(9)13-10-4-2-1-3-5-10/h1-5,9H,6-8H2/b13-11+. The molecule has 0 bridgehead atoms. The van der Waals surface area contributed by atoms with Gasteiger partial charge in [0.15, 0.2) is 0 Å². The zero-order valence-corrected chi connectivity index (χ0v) is 9.98. The molecule has 0 aliphatic carbocycles. The van der Waals surface area contributed by atoms with Crippen LogP contribution in [0.25, 0.3) is 0 Å². The molecule has 0 amide bonds. The molecule has 1 aliphatic rings. The second-order valence-electron chi connectivity index (χ2n) is 3.31. The van der Waals surface area contributed by atoms with Crippen LogP contribution in [-0.2, 0) is 4.74 Å². The number of aliphatic imine (C=N–C) groups is 1. The van der Waals surface area contributed by atoms with Gasteiger partial charge in [0.1, 0.15) is 0 Å². The number of rotatable bonds is 2. The second-order valence-corrected chi connectivity index (χ2v) is 4.19. The van der Waals surface area contributed by atoms with Gasteiger partial charge in [-0.2, -0.15) is 0 Å². The van der Waals surface area contributed by atoms with Crippen molar-refractivity contribution in [2.75, 3.05) is 17.6 Å². The van der Waals surface area contributed by atoms with E-state index in [4.69, 9.17) is 4.74 Å². The largest absolute Gasteiger partial charge is 0.375 e. The van der Waals surface area contributed by atoms with E-state index < -0.39 is 0 Å². The number of benzene rings is 1. The highest BCUT2D eigenvalue weighted by atomic mass is 127. The van der Waals surface area contributed by atoms with Gasteiger partial charge < -0.3 is 4.74 Å². The lowest BCUT2D eigenvalue weighted by atomic mass is 10.1. The van der Waals surface area contributed by atoms with Crippen LogP contribution in [0.15, 0.2) is 35.3 Å². The summed E-state index contributed by atoms with van der Waals surface area (Å²) in [7, 11) is 0. The lowest BCUT2D eigenvalue weighted by molar-refractivity contribution is 0.194. The third-order valence-electron chi connectivity index (χ3n) is 2.26. The summed E-state index contributed by atoms with van der Waals surface area (Å²) in [6.07, 6.45) is 0. The highest BCUT2D eigenvalue weighted by Crippen LogP contribution is 2.18. The van der Waals surface area contributed by atoms with Gasteiger partial charge in [0, 0.05) is 10.3 Å².